The largest absolute Gasteiger partial charge is 0.311 e. The Labute approximate surface area is 679 Å². The molecule has 20 aromatic rings. The first kappa shape index (κ1) is 71.1. The Balaban J connectivity index is 0.000000155. The van der Waals surface area contributed by atoms with Crippen LogP contribution >= 0.6 is 0 Å². The predicted molar refractivity (Wildman–Crippen MR) is 495 cm³/mol. The summed E-state index contributed by atoms with van der Waals surface area (Å²) in [5.41, 5.74) is 33.1. The molecule has 0 aliphatic carbocycles. The molecule has 0 saturated carbocycles. The van der Waals surface area contributed by atoms with Gasteiger partial charge in [-0.05, 0) is 258 Å². The molecule has 20 rings (SSSR count). The van der Waals surface area contributed by atoms with Crippen LogP contribution in [0, 0.1) is 0 Å². The molecule has 0 heterocycles. The van der Waals surface area contributed by atoms with Crippen LogP contribution in [0.1, 0.15) is 0 Å². The quantitative estimate of drug-likeness (QED) is 0.0896. The Morgan fingerprint density at radius 1 is 0.103 bits per heavy atom. The minimum Gasteiger partial charge on any atom is -0.311 e. The second kappa shape index (κ2) is 32.6. The lowest BCUT2D eigenvalue weighted by molar-refractivity contribution is 1.28. The molecule has 0 spiro atoms. The van der Waals surface area contributed by atoms with Crippen molar-refractivity contribution in [2.75, 3.05) is 9.80 Å². The first-order chi connectivity index (χ1) is 57.4. The van der Waals surface area contributed by atoms with Crippen molar-refractivity contribution in [3.05, 3.63) is 485 Å². The zero-order valence-electron chi connectivity index (χ0n) is 64.1. The van der Waals surface area contributed by atoms with Crippen LogP contribution in [0.15, 0.2) is 485 Å². The van der Waals surface area contributed by atoms with Crippen LogP contribution in [0.4, 0.5) is 34.1 Å². The molecule has 0 aromatic heterocycles. The fraction of sp³-hybridized carbons (Fsp3) is 0. The van der Waals surface area contributed by atoms with Gasteiger partial charge in [0.05, 0.1) is 0 Å². The molecule has 0 radical (unpaired) electrons. The lowest BCUT2D eigenvalue weighted by Gasteiger charge is -2.26. The van der Waals surface area contributed by atoms with E-state index < -0.39 is 0 Å². The number of fused-ring (bicyclic) bond motifs is 3. The van der Waals surface area contributed by atoms with Crippen LogP contribution in [0.5, 0.6) is 0 Å². The molecule has 116 heavy (non-hydrogen) atoms. The van der Waals surface area contributed by atoms with Gasteiger partial charge in [-0.25, -0.2) is 0 Å². The van der Waals surface area contributed by atoms with Crippen LogP contribution < -0.4 is 9.80 Å². The molecule has 0 aliphatic heterocycles. The smallest absolute Gasteiger partial charge is 0.0462 e. The third-order valence-electron chi connectivity index (χ3n) is 22.4. The van der Waals surface area contributed by atoms with Crippen molar-refractivity contribution in [3.63, 3.8) is 0 Å². The van der Waals surface area contributed by atoms with Crippen LogP contribution in [0.25, 0.3) is 155 Å². The molecule has 0 amide bonds. The average molecular weight is 1480 g/mol. The second-order valence-corrected chi connectivity index (χ2v) is 29.6. The van der Waals surface area contributed by atoms with Crippen molar-refractivity contribution >= 4 is 66.4 Å². The van der Waals surface area contributed by atoms with Gasteiger partial charge in [-0.3, -0.25) is 0 Å². The van der Waals surface area contributed by atoms with Crippen molar-refractivity contribution in [3.8, 4) is 122 Å². The first-order valence-corrected chi connectivity index (χ1v) is 39.8. The molecule has 20 aromatic carbocycles. The van der Waals surface area contributed by atoms with Gasteiger partial charge >= 0.3 is 0 Å². The van der Waals surface area contributed by atoms with E-state index in [0.717, 1.165) is 34.1 Å². The minimum absolute atomic E-state index is 1.10. The zero-order chi connectivity index (χ0) is 77.4. The highest BCUT2D eigenvalue weighted by atomic mass is 15.1. The molecule has 546 valence electrons. The molecule has 0 N–H and O–H groups in total. The van der Waals surface area contributed by atoms with Crippen molar-refractivity contribution in [2.24, 2.45) is 0 Å². The Kier molecular flexibility index (Phi) is 20.0. The standard InChI is InChI=1S/C58H41N.C56H39N/c1-3-11-42(12-4-1)51-17-9-19-53(39-51)48-29-35-57(36-30-48)59(58-37-31-49(32-38-58)54-20-10-18-52(40-54)43-13-5-2-6-14-43)56-33-27-46(28-34-56)45-21-23-47(24-22-45)55-26-25-44-15-7-8-16-50(44)41-55;1-2-10-40(11-3-1)49-16-8-17-50(38-49)45-28-34-53(35-29-45)57(54-36-30-47(31-37-54)56-19-9-15-46-13-6-7-18-55(46)56)52-32-26-43(27-33-52)42-20-22-44(23-21-42)51-25-24-41-12-4-5-14-48(41)39-51/h1-41H;1-39H. The van der Waals surface area contributed by atoms with Gasteiger partial charge in [0.25, 0.3) is 0 Å². The number of benzene rings is 20. The molecule has 0 aliphatic rings. The molecular weight excluding hydrogens is 1400 g/mol. The average Bonchev–Trinajstić information content (AvgIpc) is 0.716. The third-order valence-corrected chi connectivity index (χ3v) is 22.4. The molecule has 0 bridgehead atoms. The summed E-state index contributed by atoms with van der Waals surface area (Å²) >= 11 is 0. The maximum atomic E-state index is 2.35. The van der Waals surface area contributed by atoms with Crippen LogP contribution in [0.3, 0.4) is 0 Å². The Morgan fingerprint density at radius 2 is 0.293 bits per heavy atom. The van der Waals surface area contributed by atoms with Gasteiger partial charge in [-0.2, -0.15) is 0 Å². The Hall–Kier alpha value is -15.2. The topological polar surface area (TPSA) is 6.48 Å². The predicted octanol–water partition coefficient (Wildman–Crippen LogP) is 32.1. The Bertz CT molecular complexity index is 6650. The summed E-state index contributed by atoms with van der Waals surface area (Å²) in [5.74, 6) is 0. The maximum Gasteiger partial charge on any atom is 0.0462 e. The summed E-state index contributed by atoms with van der Waals surface area (Å²) in [6.07, 6.45) is 0. The second-order valence-electron chi connectivity index (χ2n) is 29.6. The van der Waals surface area contributed by atoms with E-state index >= 15 is 0 Å². The van der Waals surface area contributed by atoms with Crippen molar-refractivity contribution in [1.29, 1.82) is 0 Å². The SMILES string of the molecule is c1ccc(-c2cccc(-c3ccc(N(c4ccc(-c5ccc(-c6ccc7ccccc7c6)cc5)cc4)c4ccc(-c5cccc(-c6ccccc6)c5)cc4)cc3)c2)cc1.c1ccc(-c2cccc(-c3ccc(N(c4ccc(-c5ccc(-c6ccc7ccccc7c6)cc5)cc4)c4ccc(-c5cccc6ccccc56)cc4)cc3)c2)cc1. The van der Waals surface area contributed by atoms with Gasteiger partial charge in [0.1, 0.15) is 0 Å². The van der Waals surface area contributed by atoms with Gasteiger partial charge in [0.15, 0.2) is 0 Å². The number of anilines is 6. The zero-order valence-corrected chi connectivity index (χ0v) is 64.1. The third kappa shape index (κ3) is 15.4. The number of nitrogens with zero attached hydrogens (tertiary/aromatic N) is 2. The summed E-state index contributed by atoms with van der Waals surface area (Å²) in [6, 6.07) is 175. The number of hydrogen-bond donors (Lipinski definition) is 0. The molecule has 2 heteroatoms. The number of hydrogen-bond acceptors (Lipinski definition) is 2. The minimum atomic E-state index is 1.10. The highest BCUT2D eigenvalue weighted by Gasteiger charge is 2.19. The van der Waals surface area contributed by atoms with Gasteiger partial charge in [-0.1, -0.05) is 382 Å². The van der Waals surface area contributed by atoms with Gasteiger partial charge in [0, 0.05) is 34.1 Å². The Morgan fingerprint density at radius 3 is 0.595 bits per heavy atom. The van der Waals surface area contributed by atoms with E-state index in [4.69, 9.17) is 0 Å². The summed E-state index contributed by atoms with van der Waals surface area (Å²) in [7, 11) is 0. The maximum absolute atomic E-state index is 2.35. The summed E-state index contributed by atoms with van der Waals surface area (Å²) in [4.78, 5) is 4.70. The van der Waals surface area contributed by atoms with Crippen LogP contribution in [-0.4, -0.2) is 0 Å². The normalized spacial score (nSPS) is 11.1. The molecular formula is C114H80N2. The lowest BCUT2D eigenvalue weighted by Crippen LogP contribution is -2.09. The van der Waals surface area contributed by atoms with Crippen molar-refractivity contribution < 1.29 is 0 Å². The summed E-state index contributed by atoms with van der Waals surface area (Å²) < 4.78 is 0. The van der Waals surface area contributed by atoms with E-state index in [0.29, 0.717) is 0 Å². The fourth-order valence-electron chi connectivity index (χ4n) is 16.2. The lowest BCUT2D eigenvalue weighted by atomic mass is 9.97. The van der Waals surface area contributed by atoms with E-state index in [9.17, 15) is 0 Å². The molecule has 2 nitrogen and oxygen atoms in total. The van der Waals surface area contributed by atoms with E-state index in [2.05, 4.69) is 495 Å². The molecule has 0 atom stereocenters. The fourth-order valence-corrected chi connectivity index (χ4v) is 16.2. The molecule has 0 unspecified atom stereocenters. The van der Waals surface area contributed by atoms with E-state index in [1.165, 1.54) is 155 Å². The summed E-state index contributed by atoms with van der Waals surface area (Å²) in [5, 5.41) is 7.55. The highest BCUT2D eigenvalue weighted by molar-refractivity contribution is 5.98. The monoisotopic (exact) mass is 1480 g/mol. The van der Waals surface area contributed by atoms with E-state index in [1.54, 1.807) is 0 Å². The molecule has 0 fully saturated rings. The van der Waals surface area contributed by atoms with Gasteiger partial charge in [-0.15, -0.1) is 0 Å². The first-order valence-electron chi connectivity index (χ1n) is 39.8. The summed E-state index contributed by atoms with van der Waals surface area (Å²) in [6.45, 7) is 0. The molecule has 0 saturated heterocycles. The van der Waals surface area contributed by atoms with Crippen molar-refractivity contribution in [2.45, 2.75) is 0 Å². The van der Waals surface area contributed by atoms with Crippen molar-refractivity contribution in [1.82, 2.24) is 0 Å². The number of rotatable bonds is 17. The van der Waals surface area contributed by atoms with E-state index in [1.807, 2.05) is 0 Å². The van der Waals surface area contributed by atoms with E-state index in [-0.39, 0.29) is 0 Å². The van der Waals surface area contributed by atoms with Crippen LogP contribution in [0.2, 0.25) is 0 Å². The van der Waals surface area contributed by atoms with Gasteiger partial charge < -0.3 is 9.80 Å². The van der Waals surface area contributed by atoms with Crippen LogP contribution in [-0.2, 0) is 0 Å². The highest BCUT2D eigenvalue weighted by Crippen LogP contribution is 2.43. The van der Waals surface area contributed by atoms with Gasteiger partial charge in [0.2, 0.25) is 0 Å².